The van der Waals surface area contributed by atoms with Gasteiger partial charge in [0.2, 0.25) is 5.69 Å². The number of carbonyl (C=O) groups is 2. The van der Waals surface area contributed by atoms with Crippen LogP contribution in [0.25, 0.3) is 0 Å². The van der Waals surface area contributed by atoms with Gasteiger partial charge in [0, 0.05) is 25.5 Å². The van der Waals surface area contributed by atoms with E-state index in [0.29, 0.717) is 24.1 Å². The Morgan fingerprint density at radius 1 is 1.28 bits per heavy atom. The highest BCUT2D eigenvalue weighted by molar-refractivity contribution is 5.96. The summed E-state index contributed by atoms with van der Waals surface area (Å²) < 4.78 is 0. The smallest absolute Gasteiger partial charge is 0.322 e. The fourth-order valence-electron chi connectivity index (χ4n) is 2.19. The molecule has 0 aliphatic carbocycles. The third-order valence-electron chi connectivity index (χ3n) is 3.33. The average molecular weight is 346 g/mol. The van der Waals surface area contributed by atoms with Crippen LogP contribution in [0.3, 0.4) is 0 Å². The summed E-state index contributed by atoms with van der Waals surface area (Å²) in [5, 5.41) is 22.6. The number of aromatic amines is 1. The summed E-state index contributed by atoms with van der Waals surface area (Å²) in [5.41, 5.74) is 0.161. The molecule has 0 radical (unpaired) electrons. The van der Waals surface area contributed by atoms with Crippen LogP contribution in [-0.4, -0.2) is 45.0 Å². The van der Waals surface area contributed by atoms with Gasteiger partial charge in [0.05, 0.1) is 10.5 Å². The number of aromatic nitrogens is 3. The average Bonchev–Trinajstić information content (AvgIpc) is 3.03. The second-order valence-electron chi connectivity index (χ2n) is 5.16. The summed E-state index contributed by atoms with van der Waals surface area (Å²) in [5.74, 6) is -0.987. The third kappa shape index (κ3) is 4.59. The fourth-order valence-corrected chi connectivity index (χ4v) is 2.19. The molecule has 25 heavy (non-hydrogen) atoms. The highest BCUT2D eigenvalue weighted by Crippen LogP contribution is 2.22. The van der Waals surface area contributed by atoms with Crippen LogP contribution < -0.4 is 10.6 Å². The predicted molar refractivity (Wildman–Crippen MR) is 88.1 cm³/mol. The lowest BCUT2D eigenvalue weighted by Crippen LogP contribution is -2.35. The van der Waals surface area contributed by atoms with Gasteiger partial charge in [0.1, 0.15) is 5.69 Å². The molecule has 0 fully saturated rings. The molecule has 0 saturated carbocycles. The maximum atomic E-state index is 12.1. The number of nitrogens with one attached hydrogen (secondary N) is 3. The highest BCUT2D eigenvalue weighted by atomic mass is 16.6. The number of nitro groups is 1. The molecule has 2 aromatic rings. The van der Waals surface area contributed by atoms with Crippen molar-refractivity contribution in [2.45, 2.75) is 19.8 Å². The van der Waals surface area contributed by atoms with Crippen LogP contribution in [0.1, 0.15) is 39.9 Å². The minimum atomic E-state index is -0.666. The van der Waals surface area contributed by atoms with Gasteiger partial charge in [0.15, 0.2) is 0 Å². The van der Waals surface area contributed by atoms with Gasteiger partial charge in [-0.15, -0.1) is 0 Å². The number of hydrogen-bond acceptors (Lipinski definition) is 6. The van der Waals surface area contributed by atoms with Gasteiger partial charge in [-0.3, -0.25) is 29.8 Å². The molecule has 0 atom stereocenters. The summed E-state index contributed by atoms with van der Waals surface area (Å²) >= 11 is 0. The molecule has 10 nitrogen and oxygen atoms in total. The lowest BCUT2D eigenvalue weighted by molar-refractivity contribution is -0.385. The van der Waals surface area contributed by atoms with Crippen LogP contribution in [0, 0.1) is 10.1 Å². The van der Waals surface area contributed by atoms with Crippen LogP contribution in [0.2, 0.25) is 0 Å². The van der Waals surface area contributed by atoms with E-state index in [9.17, 15) is 19.7 Å². The van der Waals surface area contributed by atoms with Crippen molar-refractivity contribution in [2.24, 2.45) is 0 Å². The Bertz CT molecular complexity index is 759. The maximum Gasteiger partial charge on any atom is 0.322 e. The van der Waals surface area contributed by atoms with Crippen molar-refractivity contribution >= 4 is 17.5 Å². The lowest BCUT2D eigenvalue weighted by atomic mass is 10.2. The first-order valence-corrected chi connectivity index (χ1v) is 7.72. The first-order chi connectivity index (χ1) is 12.0. The lowest BCUT2D eigenvalue weighted by Gasteiger charge is -2.06. The number of carbonyl (C=O) groups excluding carboxylic acids is 2. The van der Waals surface area contributed by atoms with E-state index in [1.54, 1.807) is 18.3 Å². The number of pyridine rings is 1. The molecule has 2 heterocycles. The van der Waals surface area contributed by atoms with E-state index in [-0.39, 0.29) is 30.4 Å². The van der Waals surface area contributed by atoms with Gasteiger partial charge < -0.3 is 10.6 Å². The second-order valence-corrected chi connectivity index (χ2v) is 5.16. The molecule has 0 bridgehead atoms. The molecule has 3 N–H and O–H groups in total. The summed E-state index contributed by atoms with van der Waals surface area (Å²) in [6, 6.07) is 3.25. The molecule has 2 amide bonds. The Kier molecular flexibility index (Phi) is 6.15. The molecule has 0 aromatic carbocycles. The van der Waals surface area contributed by atoms with Gasteiger partial charge in [-0.25, -0.2) is 0 Å². The topological polar surface area (TPSA) is 143 Å². The number of aryl methyl sites for hydroxylation is 1. The van der Waals surface area contributed by atoms with E-state index < -0.39 is 10.8 Å². The van der Waals surface area contributed by atoms with Crippen LogP contribution in [0.4, 0.5) is 5.69 Å². The number of nitrogens with zero attached hydrogens (tertiary/aromatic N) is 3. The van der Waals surface area contributed by atoms with Crippen molar-refractivity contribution in [1.29, 1.82) is 0 Å². The molecule has 2 aromatic heterocycles. The normalized spacial score (nSPS) is 10.3. The number of rotatable bonds is 8. The second kappa shape index (κ2) is 8.52. The molecular formula is C15H18N6O4. The van der Waals surface area contributed by atoms with E-state index in [1.807, 2.05) is 6.92 Å². The van der Waals surface area contributed by atoms with Crippen molar-refractivity contribution in [3.05, 3.63) is 51.6 Å². The van der Waals surface area contributed by atoms with Gasteiger partial charge in [-0.1, -0.05) is 13.3 Å². The van der Waals surface area contributed by atoms with Crippen LogP contribution >= 0.6 is 0 Å². The summed E-state index contributed by atoms with van der Waals surface area (Å²) in [4.78, 5) is 38.3. The van der Waals surface area contributed by atoms with Gasteiger partial charge in [0.25, 0.3) is 11.8 Å². The first-order valence-electron chi connectivity index (χ1n) is 7.72. The molecule has 0 unspecified atom stereocenters. The van der Waals surface area contributed by atoms with Crippen LogP contribution in [0.5, 0.6) is 0 Å². The standard InChI is InChI=1S/C15H18N6O4/c1-2-4-11-13(21(24)25)12(20-19-11)15(23)18-8-7-17-14(22)10-5-3-6-16-9-10/h3,5-6,9H,2,4,7-8H2,1H3,(H,17,22)(H,18,23)(H,19,20). The van der Waals surface area contributed by atoms with E-state index in [4.69, 9.17) is 0 Å². The predicted octanol–water partition coefficient (Wildman–Crippen LogP) is 0.825. The molecule has 0 spiro atoms. The number of hydrogen-bond donors (Lipinski definition) is 3. The first kappa shape index (κ1) is 18.0. The zero-order valence-corrected chi connectivity index (χ0v) is 13.6. The van der Waals surface area contributed by atoms with E-state index in [2.05, 4.69) is 25.8 Å². The van der Waals surface area contributed by atoms with Crippen molar-refractivity contribution < 1.29 is 14.5 Å². The van der Waals surface area contributed by atoms with Crippen molar-refractivity contribution in [3.63, 3.8) is 0 Å². The van der Waals surface area contributed by atoms with E-state index >= 15 is 0 Å². The zero-order chi connectivity index (χ0) is 18.2. The number of amides is 2. The molecule has 2 rings (SSSR count). The Hall–Kier alpha value is -3.30. The van der Waals surface area contributed by atoms with Crippen LogP contribution in [-0.2, 0) is 6.42 Å². The largest absolute Gasteiger partial charge is 0.350 e. The molecule has 10 heteroatoms. The minimum Gasteiger partial charge on any atom is -0.350 e. The zero-order valence-electron chi connectivity index (χ0n) is 13.6. The SMILES string of the molecule is CCCc1[nH]nc(C(=O)NCCNC(=O)c2cccnc2)c1[N+](=O)[O-]. The minimum absolute atomic E-state index is 0.109. The fraction of sp³-hybridized carbons (Fsp3) is 0.333. The van der Waals surface area contributed by atoms with Crippen molar-refractivity contribution in [1.82, 2.24) is 25.8 Å². The Balaban J connectivity index is 1.88. The molecule has 0 saturated heterocycles. The van der Waals surface area contributed by atoms with Gasteiger partial charge >= 0.3 is 5.69 Å². The Morgan fingerprint density at radius 2 is 2.00 bits per heavy atom. The quantitative estimate of drug-likeness (QED) is 0.367. The monoisotopic (exact) mass is 346 g/mol. The van der Waals surface area contributed by atoms with E-state index in [1.165, 1.54) is 6.20 Å². The molecular weight excluding hydrogens is 328 g/mol. The highest BCUT2D eigenvalue weighted by Gasteiger charge is 2.28. The summed E-state index contributed by atoms with van der Waals surface area (Å²) in [6.45, 7) is 2.15. The molecule has 0 aliphatic heterocycles. The van der Waals surface area contributed by atoms with E-state index in [0.717, 1.165) is 0 Å². The van der Waals surface area contributed by atoms with Crippen LogP contribution in [0.15, 0.2) is 24.5 Å². The summed E-state index contributed by atoms with van der Waals surface area (Å²) in [6.07, 6.45) is 4.10. The summed E-state index contributed by atoms with van der Waals surface area (Å²) in [7, 11) is 0. The molecule has 0 aliphatic rings. The van der Waals surface area contributed by atoms with Gasteiger partial charge in [-0.2, -0.15) is 5.10 Å². The van der Waals surface area contributed by atoms with Crippen molar-refractivity contribution in [3.8, 4) is 0 Å². The Labute approximate surface area is 143 Å². The third-order valence-corrected chi connectivity index (χ3v) is 3.33. The van der Waals surface area contributed by atoms with Crippen molar-refractivity contribution in [2.75, 3.05) is 13.1 Å². The number of H-pyrrole nitrogens is 1. The Morgan fingerprint density at radius 3 is 2.60 bits per heavy atom. The van der Waals surface area contributed by atoms with Gasteiger partial charge in [-0.05, 0) is 18.6 Å². The molecule has 132 valence electrons. The maximum absolute atomic E-state index is 12.1.